The topological polar surface area (TPSA) is 322 Å². The van der Waals surface area contributed by atoms with Gasteiger partial charge in [-0.3, -0.25) is 29.0 Å². The van der Waals surface area contributed by atoms with Crippen molar-refractivity contribution in [3.05, 3.63) is 23.3 Å². The van der Waals surface area contributed by atoms with Crippen molar-refractivity contribution < 1.29 is 44.1 Å². The van der Waals surface area contributed by atoms with Crippen LogP contribution in [0.15, 0.2) is 17.1 Å². The van der Waals surface area contributed by atoms with Gasteiger partial charge >= 0.3 is 5.97 Å². The summed E-state index contributed by atoms with van der Waals surface area (Å²) >= 11 is 0. The quantitative estimate of drug-likeness (QED) is 0.0341. The number of hydrogen-bond donors (Lipinski definition) is 10. The number of hydrogen-bond acceptors (Lipinski definition) is 11. The number of carbonyl (C=O) groups excluding carboxylic acids is 5. The molecule has 3 rings (SSSR count). The zero-order valence-corrected chi connectivity index (χ0v) is 29.5. The van der Waals surface area contributed by atoms with Crippen LogP contribution in [0.5, 0.6) is 11.5 Å². The van der Waals surface area contributed by atoms with Crippen LogP contribution in [0.1, 0.15) is 69.9 Å². The van der Waals surface area contributed by atoms with Crippen LogP contribution < -0.4 is 38.9 Å². The lowest BCUT2D eigenvalue weighted by Gasteiger charge is -2.37. The number of carboxylic acid groups (broad SMARTS) is 1. The lowest BCUT2D eigenvalue weighted by molar-refractivity contribution is -0.153. The van der Waals surface area contributed by atoms with E-state index in [0.717, 1.165) is 4.90 Å². The number of unbranched alkanes of at least 4 members (excludes halogenated alkanes) is 1. The molecule has 0 radical (unpaired) electrons. The van der Waals surface area contributed by atoms with Crippen molar-refractivity contribution >= 4 is 41.5 Å². The van der Waals surface area contributed by atoms with Crippen LogP contribution in [0.25, 0.3) is 0 Å². The molecule has 1 saturated heterocycles. The summed E-state index contributed by atoms with van der Waals surface area (Å²) in [5, 5.41) is 37.8. The number of phenolic OH excluding ortho intramolecular Hbond substituents is 2. The first kappa shape index (κ1) is 41.3. The second-order valence-electron chi connectivity index (χ2n) is 13.2. The van der Waals surface area contributed by atoms with E-state index >= 15 is 0 Å². The summed E-state index contributed by atoms with van der Waals surface area (Å²) in [5.74, 6) is -5.31. The third-order valence-corrected chi connectivity index (χ3v) is 9.12. The fraction of sp³-hybridized carbons (Fsp3) is 0.606. The number of amides is 5. The zero-order chi connectivity index (χ0) is 38.7. The highest BCUT2D eigenvalue weighted by Gasteiger charge is 2.40. The monoisotopic (exact) mass is 732 g/mol. The number of fused-ring (bicyclic) bond motifs is 1. The van der Waals surface area contributed by atoms with Crippen LogP contribution in [-0.4, -0.2) is 122 Å². The molecule has 0 aromatic heterocycles. The fourth-order valence-corrected chi connectivity index (χ4v) is 6.25. The van der Waals surface area contributed by atoms with Crippen molar-refractivity contribution in [2.24, 2.45) is 27.9 Å². The van der Waals surface area contributed by atoms with Crippen molar-refractivity contribution in [1.29, 1.82) is 0 Å². The van der Waals surface area contributed by atoms with Gasteiger partial charge in [0, 0.05) is 26.1 Å². The minimum atomic E-state index is -1.31. The minimum Gasteiger partial charge on any atom is -0.504 e. The van der Waals surface area contributed by atoms with Crippen LogP contribution in [0.4, 0.5) is 0 Å². The smallest absolute Gasteiger partial charge is 0.326 e. The number of benzene rings is 1. The number of carbonyl (C=O) groups is 6. The molecule has 1 aromatic rings. The van der Waals surface area contributed by atoms with E-state index in [1.165, 1.54) is 30.9 Å². The number of aliphatic imine (C=N–C) groups is 1. The first-order chi connectivity index (χ1) is 24.5. The van der Waals surface area contributed by atoms with Crippen molar-refractivity contribution in [2.45, 2.75) is 108 Å². The highest BCUT2D eigenvalue weighted by molar-refractivity contribution is 5.96. The maximum absolute atomic E-state index is 13.9. The Bertz CT molecular complexity index is 1520. The Balaban J connectivity index is 1.73. The highest BCUT2D eigenvalue weighted by Crippen LogP contribution is 2.34. The van der Waals surface area contributed by atoms with Gasteiger partial charge in [-0.15, -0.1) is 0 Å². The van der Waals surface area contributed by atoms with Gasteiger partial charge in [0.2, 0.25) is 29.5 Å². The molecule has 0 spiro atoms. The Kier molecular flexibility index (Phi) is 15.0. The van der Waals surface area contributed by atoms with Crippen LogP contribution >= 0.6 is 0 Å². The molecule has 19 nitrogen and oxygen atoms in total. The van der Waals surface area contributed by atoms with E-state index in [2.05, 4.69) is 20.9 Å². The van der Waals surface area contributed by atoms with Gasteiger partial charge < -0.3 is 64.0 Å². The molecule has 1 aromatic carbocycles. The van der Waals surface area contributed by atoms with Gasteiger partial charge in [-0.1, -0.05) is 0 Å². The summed E-state index contributed by atoms with van der Waals surface area (Å²) in [6, 6.07) is -3.97. The van der Waals surface area contributed by atoms with E-state index in [1.54, 1.807) is 0 Å². The van der Waals surface area contributed by atoms with E-state index in [1.807, 2.05) is 0 Å². The normalized spacial score (nSPS) is 19.0. The van der Waals surface area contributed by atoms with Gasteiger partial charge in [0.05, 0.1) is 6.04 Å². The molecule has 2 aliphatic heterocycles. The number of aromatic hydroxyl groups is 2. The molecule has 0 aliphatic carbocycles. The average molecular weight is 733 g/mol. The molecule has 14 N–H and O–H groups in total. The lowest BCUT2D eigenvalue weighted by Crippen LogP contribution is -2.59. The number of carboxylic acids is 1. The summed E-state index contributed by atoms with van der Waals surface area (Å²) in [6.45, 7) is 3.45. The van der Waals surface area contributed by atoms with Crippen molar-refractivity contribution in [3.63, 3.8) is 0 Å². The van der Waals surface area contributed by atoms with Crippen molar-refractivity contribution in [2.75, 3.05) is 19.6 Å². The maximum Gasteiger partial charge on any atom is 0.326 e. The molecule has 0 bridgehead atoms. The number of nitrogens with one attached hydrogen (secondary N) is 3. The standard InChI is InChI=1S/C33H52N10O9/c1-17(35)27(46)40-22(8-5-11-38-33(36)37)30(49)42-12-6-9-23(42)29(48)39-18(2)28(47)41-21(7-3-4-10-34)31(50)43-16-20-15-26(45)25(44)14-19(20)13-24(43)32(51)52/h14-15,17-18,21-24,44-45H,3-13,16,34-35H2,1-2H3,(H,39,48)(H,40,46)(H,41,47)(H,51,52)(H4,36,37,38)/t17-,18-,21-,22-,23-,24+/m0/s1. The van der Waals surface area contributed by atoms with E-state index in [-0.39, 0.29) is 44.9 Å². The molecule has 0 saturated carbocycles. The Morgan fingerprint density at radius 2 is 1.46 bits per heavy atom. The average Bonchev–Trinajstić information content (AvgIpc) is 3.58. The Morgan fingerprint density at radius 3 is 2.06 bits per heavy atom. The predicted octanol–water partition coefficient (Wildman–Crippen LogP) is -2.57. The molecule has 0 unspecified atom stereocenters. The number of nitrogens with zero attached hydrogens (tertiary/aromatic N) is 3. The van der Waals surface area contributed by atoms with Gasteiger partial charge in [0.15, 0.2) is 17.5 Å². The van der Waals surface area contributed by atoms with Crippen LogP contribution in [-0.2, 0) is 41.7 Å². The summed E-state index contributed by atoms with van der Waals surface area (Å²) in [7, 11) is 0. The number of rotatable bonds is 17. The van der Waals surface area contributed by atoms with Crippen LogP contribution in [0.3, 0.4) is 0 Å². The third-order valence-electron chi connectivity index (χ3n) is 9.12. The number of nitrogens with two attached hydrogens (primary N) is 4. The number of guanidine groups is 1. The van der Waals surface area contributed by atoms with E-state index in [9.17, 15) is 44.1 Å². The first-order valence-electron chi connectivity index (χ1n) is 17.3. The van der Waals surface area contributed by atoms with E-state index < -0.39 is 83.3 Å². The molecule has 19 heteroatoms. The predicted molar refractivity (Wildman–Crippen MR) is 188 cm³/mol. The van der Waals surface area contributed by atoms with Gasteiger partial charge in [0.25, 0.3) is 0 Å². The van der Waals surface area contributed by atoms with Crippen molar-refractivity contribution in [1.82, 2.24) is 25.8 Å². The number of aliphatic carboxylic acids is 1. The van der Waals surface area contributed by atoms with Crippen LogP contribution in [0, 0.1) is 0 Å². The molecule has 5 amide bonds. The molecule has 52 heavy (non-hydrogen) atoms. The second-order valence-corrected chi connectivity index (χ2v) is 13.2. The third kappa shape index (κ3) is 10.9. The molecule has 1 fully saturated rings. The largest absolute Gasteiger partial charge is 0.504 e. The summed E-state index contributed by atoms with van der Waals surface area (Å²) in [6.07, 6.45) is 2.26. The molecular weight excluding hydrogens is 680 g/mol. The van der Waals surface area contributed by atoms with Gasteiger partial charge in [-0.05, 0) is 88.6 Å². The fourth-order valence-electron chi connectivity index (χ4n) is 6.25. The molecule has 6 atom stereocenters. The number of phenols is 2. The summed E-state index contributed by atoms with van der Waals surface area (Å²) in [4.78, 5) is 85.5. The van der Waals surface area contributed by atoms with Gasteiger partial charge in [-0.2, -0.15) is 0 Å². The zero-order valence-electron chi connectivity index (χ0n) is 29.5. The Hall–Kier alpha value is -5.17. The van der Waals surface area contributed by atoms with E-state index in [0.29, 0.717) is 49.8 Å². The second kappa shape index (κ2) is 18.9. The number of likely N-dealkylation sites (tertiary alicyclic amines) is 1. The molecule has 2 aliphatic rings. The van der Waals surface area contributed by atoms with Crippen molar-refractivity contribution in [3.8, 4) is 11.5 Å². The molecule has 288 valence electrons. The van der Waals surface area contributed by atoms with Gasteiger partial charge in [-0.25, -0.2) is 4.79 Å². The first-order valence-corrected chi connectivity index (χ1v) is 17.3. The van der Waals surface area contributed by atoms with Gasteiger partial charge in [0.1, 0.15) is 30.2 Å². The molecular formula is C33H52N10O9. The molecule has 2 heterocycles. The Labute approximate surface area is 301 Å². The van der Waals surface area contributed by atoms with E-state index in [4.69, 9.17) is 22.9 Å². The highest BCUT2D eigenvalue weighted by atomic mass is 16.4. The summed E-state index contributed by atoms with van der Waals surface area (Å²) < 4.78 is 0. The Morgan fingerprint density at radius 1 is 0.865 bits per heavy atom. The SMILES string of the molecule is C[C@H](N)C(=O)N[C@@H](CCCN=C(N)N)C(=O)N1CCC[C@H]1C(=O)N[C@@H](C)C(=O)N[C@@H](CCCCN)C(=O)N1Cc2cc(O)c(O)cc2C[C@@H]1C(=O)O. The lowest BCUT2D eigenvalue weighted by atomic mass is 9.92. The minimum absolute atomic E-state index is 0.118. The van der Waals surface area contributed by atoms with Crippen LogP contribution in [0.2, 0.25) is 0 Å². The summed E-state index contributed by atoms with van der Waals surface area (Å²) in [5.41, 5.74) is 23.0. The maximum atomic E-state index is 13.9.